The minimum atomic E-state index is -0.221. The van der Waals surface area contributed by atoms with Crippen molar-refractivity contribution in [3.8, 4) is 0 Å². The largest absolute Gasteiger partial charge is 0.398 e. The summed E-state index contributed by atoms with van der Waals surface area (Å²) in [6, 6.07) is 10.5. The van der Waals surface area contributed by atoms with Crippen molar-refractivity contribution in [3.05, 3.63) is 57.0 Å². The van der Waals surface area contributed by atoms with E-state index in [-0.39, 0.29) is 5.91 Å². The van der Waals surface area contributed by atoms with Gasteiger partial charge in [0.25, 0.3) is 5.91 Å². The Morgan fingerprint density at radius 2 is 2.00 bits per heavy atom. The highest BCUT2D eigenvalue weighted by Gasteiger charge is 2.08. The first kappa shape index (κ1) is 13.9. The van der Waals surface area contributed by atoms with Gasteiger partial charge in [-0.15, -0.1) is 0 Å². The summed E-state index contributed by atoms with van der Waals surface area (Å²) in [5.74, 6) is -0.221. The molecule has 0 spiro atoms. The standard InChI is InChI=1S/C14H12BrClN2O/c1-8-4-10(15)7-11(5-8)18-14(19)9-2-3-12(16)13(17)6-9/h2-7H,17H2,1H3,(H,18,19). The number of nitrogens with two attached hydrogens (primary N) is 1. The number of aryl methyl sites for hydroxylation is 1. The van der Waals surface area contributed by atoms with E-state index in [9.17, 15) is 4.79 Å². The number of hydrogen-bond donors (Lipinski definition) is 2. The highest BCUT2D eigenvalue weighted by molar-refractivity contribution is 9.10. The molecule has 1 amide bonds. The van der Waals surface area contributed by atoms with E-state index in [1.165, 1.54) is 0 Å². The zero-order valence-corrected chi connectivity index (χ0v) is 12.5. The molecule has 98 valence electrons. The number of anilines is 2. The molecule has 0 aliphatic heterocycles. The van der Waals surface area contributed by atoms with Crippen LogP contribution in [0.3, 0.4) is 0 Å². The van der Waals surface area contributed by atoms with Gasteiger partial charge in [0.1, 0.15) is 0 Å². The molecular formula is C14H12BrClN2O. The van der Waals surface area contributed by atoms with Gasteiger partial charge in [0, 0.05) is 15.7 Å². The van der Waals surface area contributed by atoms with Gasteiger partial charge in [0.15, 0.2) is 0 Å². The van der Waals surface area contributed by atoms with Gasteiger partial charge in [0.2, 0.25) is 0 Å². The molecule has 0 aliphatic rings. The van der Waals surface area contributed by atoms with E-state index >= 15 is 0 Å². The predicted octanol–water partition coefficient (Wildman–Crippen LogP) is 4.25. The molecule has 0 unspecified atom stereocenters. The molecular weight excluding hydrogens is 328 g/mol. The Kier molecular flexibility index (Phi) is 4.12. The molecule has 3 nitrogen and oxygen atoms in total. The SMILES string of the molecule is Cc1cc(Br)cc(NC(=O)c2ccc(Cl)c(N)c2)c1. The molecule has 0 bridgehead atoms. The van der Waals surface area contributed by atoms with Crippen LogP contribution in [0.4, 0.5) is 11.4 Å². The first-order chi connectivity index (χ1) is 8.95. The van der Waals surface area contributed by atoms with Gasteiger partial charge >= 0.3 is 0 Å². The smallest absolute Gasteiger partial charge is 0.255 e. The average molecular weight is 340 g/mol. The molecule has 2 aromatic rings. The summed E-state index contributed by atoms with van der Waals surface area (Å²) in [5.41, 5.74) is 8.32. The second-order valence-electron chi connectivity index (χ2n) is 4.21. The Hall–Kier alpha value is -1.52. The van der Waals surface area contributed by atoms with Crippen LogP contribution in [0.25, 0.3) is 0 Å². The van der Waals surface area contributed by atoms with Crippen LogP contribution in [0, 0.1) is 6.92 Å². The van der Waals surface area contributed by atoms with Crippen LogP contribution < -0.4 is 11.1 Å². The van der Waals surface area contributed by atoms with E-state index < -0.39 is 0 Å². The fourth-order valence-electron chi connectivity index (χ4n) is 1.70. The van der Waals surface area contributed by atoms with Crippen molar-refractivity contribution in [1.29, 1.82) is 0 Å². The fourth-order valence-corrected chi connectivity index (χ4v) is 2.42. The molecule has 3 N–H and O–H groups in total. The number of carbonyl (C=O) groups is 1. The lowest BCUT2D eigenvalue weighted by atomic mass is 10.1. The summed E-state index contributed by atoms with van der Waals surface area (Å²) in [4.78, 5) is 12.1. The van der Waals surface area contributed by atoms with E-state index in [1.807, 2.05) is 25.1 Å². The molecule has 0 saturated heterocycles. The third-order valence-electron chi connectivity index (χ3n) is 2.56. The summed E-state index contributed by atoms with van der Waals surface area (Å²) >= 11 is 9.22. The maximum Gasteiger partial charge on any atom is 0.255 e. The summed E-state index contributed by atoms with van der Waals surface area (Å²) in [5, 5.41) is 3.26. The van der Waals surface area contributed by atoms with Gasteiger partial charge in [-0.25, -0.2) is 0 Å². The molecule has 0 heterocycles. The summed E-state index contributed by atoms with van der Waals surface area (Å²) < 4.78 is 0.915. The lowest BCUT2D eigenvalue weighted by Crippen LogP contribution is -2.12. The number of carbonyl (C=O) groups excluding carboxylic acids is 1. The fraction of sp³-hybridized carbons (Fsp3) is 0.0714. The van der Waals surface area contributed by atoms with E-state index in [0.717, 1.165) is 15.7 Å². The second kappa shape index (κ2) is 5.63. The number of rotatable bonds is 2. The second-order valence-corrected chi connectivity index (χ2v) is 5.53. The topological polar surface area (TPSA) is 55.1 Å². The first-order valence-corrected chi connectivity index (χ1v) is 6.76. The van der Waals surface area contributed by atoms with Crippen LogP contribution >= 0.6 is 27.5 Å². The van der Waals surface area contributed by atoms with E-state index in [4.69, 9.17) is 17.3 Å². The number of nitrogens with one attached hydrogen (secondary N) is 1. The predicted molar refractivity (Wildman–Crippen MR) is 82.7 cm³/mol. The van der Waals surface area contributed by atoms with Gasteiger partial charge in [-0.2, -0.15) is 0 Å². The molecule has 0 saturated carbocycles. The zero-order valence-electron chi connectivity index (χ0n) is 10.2. The monoisotopic (exact) mass is 338 g/mol. The zero-order chi connectivity index (χ0) is 14.0. The van der Waals surface area contributed by atoms with Crippen LogP contribution in [0.1, 0.15) is 15.9 Å². The number of hydrogen-bond acceptors (Lipinski definition) is 2. The number of benzene rings is 2. The summed E-state index contributed by atoms with van der Waals surface area (Å²) in [7, 11) is 0. The van der Waals surface area contributed by atoms with Gasteiger partial charge in [-0.1, -0.05) is 27.5 Å². The molecule has 0 fully saturated rings. The van der Waals surface area contributed by atoms with Crippen molar-refractivity contribution >= 4 is 44.8 Å². The van der Waals surface area contributed by atoms with Crippen LogP contribution in [0.15, 0.2) is 40.9 Å². The van der Waals surface area contributed by atoms with Gasteiger partial charge in [-0.3, -0.25) is 4.79 Å². The molecule has 0 aliphatic carbocycles. The Bertz CT molecular complexity index is 623. The minimum absolute atomic E-state index is 0.221. The van der Waals surface area contributed by atoms with Crippen molar-refractivity contribution < 1.29 is 4.79 Å². The van der Waals surface area contributed by atoms with Gasteiger partial charge in [0.05, 0.1) is 10.7 Å². The Labute approximate surface area is 124 Å². The molecule has 5 heteroatoms. The van der Waals surface area contributed by atoms with E-state index in [1.54, 1.807) is 18.2 Å². The Balaban J connectivity index is 2.22. The minimum Gasteiger partial charge on any atom is -0.398 e. The maximum atomic E-state index is 12.1. The van der Waals surface area contributed by atoms with Crippen molar-refractivity contribution in [3.63, 3.8) is 0 Å². The average Bonchev–Trinajstić information content (AvgIpc) is 2.31. The van der Waals surface area contributed by atoms with Crippen LogP contribution in [0.5, 0.6) is 0 Å². The Morgan fingerprint density at radius 1 is 1.26 bits per heavy atom. The highest BCUT2D eigenvalue weighted by atomic mass is 79.9. The van der Waals surface area contributed by atoms with Gasteiger partial charge in [-0.05, 0) is 48.9 Å². The number of halogens is 2. The number of nitrogen functional groups attached to an aromatic ring is 1. The van der Waals surface area contributed by atoms with Gasteiger partial charge < -0.3 is 11.1 Å². The van der Waals surface area contributed by atoms with E-state index in [0.29, 0.717) is 16.3 Å². The Morgan fingerprint density at radius 3 is 2.63 bits per heavy atom. The maximum absolute atomic E-state index is 12.1. The van der Waals surface area contributed by atoms with Crippen LogP contribution in [0.2, 0.25) is 5.02 Å². The lowest BCUT2D eigenvalue weighted by molar-refractivity contribution is 0.102. The molecule has 0 atom stereocenters. The molecule has 2 rings (SSSR count). The highest BCUT2D eigenvalue weighted by Crippen LogP contribution is 2.22. The third-order valence-corrected chi connectivity index (χ3v) is 3.36. The first-order valence-electron chi connectivity index (χ1n) is 5.59. The molecule has 0 radical (unpaired) electrons. The lowest BCUT2D eigenvalue weighted by Gasteiger charge is -2.08. The normalized spacial score (nSPS) is 10.3. The molecule has 2 aromatic carbocycles. The number of amides is 1. The van der Waals surface area contributed by atoms with Crippen molar-refractivity contribution in [2.24, 2.45) is 0 Å². The van der Waals surface area contributed by atoms with Crippen molar-refractivity contribution in [2.75, 3.05) is 11.1 Å². The summed E-state index contributed by atoms with van der Waals surface area (Å²) in [6.07, 6.45) is 0. The molecule has 0 aromatic heterocycles. The third kappa shape index (κ3) is 3.49. The molecule has 19 heavy (non-hydrogen) atoms. The van der Waals surface area contributed by atoms with Crippen LogP contribution in [-0.4, -0.2) is 5.91 Å². The van der Waals surface area contributed by atoms with E-state index in [2.05, 4.69) is 21.2 Å². The quantitative estimate of drug-likeness (QED) is 0.804. The van der Waals surface area contributed by atoms with Crippen LogP contribution in [-0.2, 0) is 0 Å². The van der Waals surface area contributed by atoms with Crippen molar-refractivity contribution in [1.82, 2.24) is 0 Å². The van der Waals surface area contributed by atoms with Crippen molar-refractivity contribution in [2.45, 2.75) is 6.92 Å². The summed E-state index contributed by atoms with van der Waals surface area (Å²) in [6.45, 7) is 1.96.